The van der Waals surface area contributed by atoms with Gasteiger partial charge >= 0.3 is 0 Å². The smallest absolute Gasteiger partial charge is 0.251 e. The Morgan fingerprint density at radius 2 is 1.67 bits per heavy atom. The topological polar surface area (TPSA) is 90.0 Å². The zero-order valence-corrected chi connectivity index (χ0v) is 20.7. The third kappa shape index (κ3) is 4.80. The third-order valence-corrected chi connectivity index (χ3v) is 7.41. The van der Waals surface area contributed by atoms with Gasteiger partial charge in [-0.05, 0) is 53.9 Å². The molecule has 2 aliphatic rings. The number of rotatable bonds is 6. The summed E-state index contributed by atoms with van der Waals surface area (Å²) in [5.74, 6) is -0.660. The van der Waals surface area contributed by atoms with Gasteiger partial charge < -0.3 is 10.2 Å². The van der Waals surface area contributed by atoms with Crippen molar-refractivity contribution >= 4 is 51.9 Å². The highest BCUT2D eigenvalue weighted by molar-refractivity contribution is 7.12. The molecule has 8 nitrogen and oxygen atoms in total. The number of nitrogens with one attached hydrogen (secondary N) is 1. The molecule has 2 saturated heterocycles. The monoisotopic (exact) mass is 502 g/mol. The number of anilines is 3. The van der Waals surface area contributed by atoms with E-state index in [0.29, 0.717) is 43.1 Å². The van der Waals surface area contributed by atoms with E-state index in [0.717, 1.165) is 10.6 Å². The van der Waals surface area contributed by atoms with Crippen LogP contribution in [0.1, 0.15) is 28.6 Å². The summed E-state index contributed by atoms with van der Waals surface area (Å²) in [6.45, 7) is 4.15. The maximum atomic E-state index is 13.2. The number of hydrogen-bond acceptors (Lipinski definition) is 7. The average Bonchev–Trinajstić information content (AvgIpc) is 3.52. The van der Waals surface area contributed by atoms with E-state index in [4.69, 9.17) is 0 Å². The van der Waals surface area contributed by atoms with E-state index in [1.54, 1.807) is 24.3 Å². The van der Waals surface area contributed by atoms with Crippen molar-refractivity contribution in [2.24, 2.45) is 0 Å². The number of amides is 3. The number of ketones is 1. The lowest BCUT2D eigenvalue weighted by molar-refractivity contribution is -0.123. The van der Waals surface area contributed by atoms with E-state index in [9.17, 15) is 19.2 Å². The number of carbonyl (C=O) groups excluding carboxylic acids is 4. The Morgan fingerprint density at radius 1 is 0.917 bits per heavy atom. The van der Waals surface area contributed by atoms with Gasteiger partial charge in [-0.1, -0.05) is 12.1 Å². The van der Waals surface area contributed by atoms with E-state index in [1.165, 1.54) is 23.2 Å². The van der Waals surface area contributed by atoms with Crippen molar-refractivity contribution in [1.82, 2.24) is 4.90 Å². The van der Waals surface area contributed by atoms with Gasteiger partial charge in [0.2, 0.25) is 17.6 Å². The van der Waals surface area contributed by atoms with Crippen molar-refractivity contribution in [2.75, 3.05) is 41.3 Å². The molecule has 0 bridgehead atoms. The summed E-state index contributed by atoms with van der Waals surface area (Å²) in [4.78, 5) is 56.2. The summed E-state index contributed by atoms with van der Waals surface area (Å²) in [7, 11) is 0. The van der Waals surface area contributed by atoms with Gasteiger partial charge in [0.15, 0.2) is 0 Å². The Kier molecular flexibility index (Phi) is 6.67. The largest absolute Gasteiger partial charge is 0.369 e. The fraction of sp³-hybridized carbons (Fsp3) is 0.259. The highest BCUT2D eigenvalue weighted by atomic mass is 32.1. The fourth-order valence-electron chi connectivity index (χ4n) is 4.76. The second-order valence-corrected chi connectivity index (χ2v) is 9.84. The summed E-state index contributed by atoms with van der Waals surface area (Å²) < 4.78 is 0. The first-order valence-corrected chi connectivity index (χ1v) is 12.7. The van der Waals surface area contributed by atoms with Crippen LogP contribution >= 0.6 is 11.3 Å². The normalized spacial score (nSPS) is 18.5. The molecule has 0 spiro atoms. The molecule has 3 amide bonds. The van der Waals surface area contributed by atoms with Gasteiger partial charge in [-0.25, -0.2) is 4.90 Å². The maximum Gasteiger partial charge on any atom is 0.251 e. The Hall–Kier alpha value is -3.82. The van der Waals surface area contributed by atoms with Gasteiger partial charge in [-0.2, -0.15) is 0 Å². The van der Waals surface area contributed by atoms with Crippen LogP contribution in [0.2, 0.25) is 0 Å². The standard InChI is InChI=1S/C27H26N4O4S/c1-18(32)28-20-4-2-5-22(16-20)31-25(33)17-23(27(31)35)30-13-11-29(12-14-30)21-9-7-19(8-10-21)26(34)24-6-3-15-36-24/h2-10,15-16,23H,11-14,17H2,1H3,(H,28,32)/t23-/m0/s1. The fourth-order valence-corrected chi connectivity index (χ4v) is 5.45. The second kappa shape index (κ2) is 10.0. The first-order chi connectivity index (χ1) is 17.4. The van der Waals surface area contributed by atoms with E-state index >= 15 is 0 Å². The Labute approximate surface area is 213 Å². The van der Waals surface area contributed by atoms with Gasteiger partial charge in [-0.3, -0.25) is 24.1 Å². The molecule has 5 rings (SSSR count). The molecule has 3 aromatic rings. The van der Waals surface area contributed by atoms with Gasteiger partial charge in [0.1, 0.15) is 0 Å². The summed E-state index contributed by atoms with van der Waals surface area (Å²) in [5, 5.41) is 4.58. The van der Waals surface area contributed by atoms with Crippen LogP contribution in [0.25, 0.3) is 0 Å². The van der Waals surface area contributed by atoms with Crippen LogP contribution in [0.15, 0.2) is 66.0 Å². The lowest BCUT2D eigenvalue weighted by atomic mass is 10.1. The van der Waals surface area contributed by atoms with Crippen LogP contribution in [-0.2, 0) is 14.4 Å². The molecule has 0 radical (unpaired) electrons. The van der Waals surface area contributed by atoms with Gasteiger partial charge in [0.05, 0.1) is 23.0 Å². The highest BCUT2D eigenvalue weighted by Crippen LogP contribution is 2.29. The molecule has 9 heteroatoms. The molecular formula is C27H26N4O4S. The molecule has 3 heterocycles. The number of imide groups is 1. The summed E-state index contributed by atoms with van der Waals surface area (Å²) >= 11 is 1.44. The van der Waals surface area contributed by atoms with Crippen molar-refractivity contribution in [2.45, 2.75) is 19.4 Å². The maximum absolute atomic E-state index is 13.2. The lowest BCUT2D eigenvalue weighted by Gasteiger charge is -2.38. The first-order valence-electron chi connectivity index (χ1n) is 11.8. The molecule has 36 heavy (non-hydrogen) atoms. The van der Waals surface area contributed by atoms with E-state index < -0.39 is 6.04 Å². The quantitative estimate of drug-likeness (QED) is 0.411. The van der Waals surface area contributed by atoms with E-state index in [-0.39, 0.29) is 29.9 Å². The molecule has 1 N–H and O–H groups in total. The number of hydrogen-bond donors (Lipinski definition) is 1. The molecule has 2 aliphatic heterocycles. The lowest BCUT2D eigenvalue weighted by Crippen LogP contribution is -2.52. The summed E-state index contributed by atoms with van der Waals surface area (Å²) in [6.07, 6.45) is 0.142. The summed E-state index contributed by atoms with van der Waals surface area (Å²) in [5.41, 5.74) is 2.70. The zero-order valence-electron chi connectivity index (χ0n) is 19.8. The molecule has 1 atom stereocenters. The number of benzene rings is 2. The molecule has 0 unspecified atom stereocenters. The molecule has 2 aromatic carbocycles. The molecule has 184 valence electrons. The first kappa shape index (κ1) is 23.9. The van der Waals surface area contributed by atoms with Crippen LogP contribution in [0, 0.1) is 0 Å². The van der Waals surface area contributed by atoms with Crippen LogP contribution in [0.4, 0.5) is 17.1 Å². The zero-order chi connectivity index (χ0) is 25.2. The molecule has 0 aliphatic carbocycles. The van der Waals surface area contributed by atoms with Crippen LogP contribution in [-0.4, -0.2) is 60.6 Å². The molecule has 0 saturated carbocycles. The van der Waals surface area contributed by atoms with Crippen molar-refractivity contribution in [3.8, 4) is 0 Å². The predicted octanol–water partition coefficient (Wildman–Crippen LogP) is 3.39. The minimum absolute atomic E-state index is 0.0259. The Morgan fingerprint density at radius 3 is 2.33 bits per heavy atom. The van der Waals surface area contributed by atoms with Crippen molar-refractivity contribution < 1.29 is 19.2 Å². The summed E-state index contributed by atoms with van der Waals surface area (Å²) in [6, 6.07) is 17.6. The average molecular weight is 503 g/mol. The van der Waals surface area contributed by atoms with E-state index in [2.05, 4.69) is 15.1 Å². The molecule has 2 fully saturated rings. The van der Waals surface area contributed by atoms with Gasteiger partial charge in [0.25, 0.3) is 5.91 Å². The van der Waals surface area contributed by atoms with Gasteiger partial charge in [-0.15, -0.1) is 11.3 Å². The van der Waals surface area contributed by atoms with Crippen LogP contribution in [0.5, 0.6) is 0 Å². The van der Waals surface area contributed by atoms with Gasteiger partial charge in [0, 0.05) is 50.0 Å². The molecule has 1 aromatic heterocycles. The third-order valence-electron chi connectivity index (χ3n) is 6.54. The number of nitrogens with zero attached hydrogens (tertiary/aromatic N) is 3. The Balaban J connectivity index is 1.21. The van der Waals surface area contributed by atoms with Crippen molar-refractivity contribution in [3.05, 3.63) is 76.5 Å². The van der Waals surface area contributed by atoms with Crippen LogP contribution in [0.3, 0.4) is 0 Å². The van der Waals surface area contributed by atoms with E-state index in [1.807, 2.05) is 41.8 Å². The highest BCUT2D eigenvalue weighted by Gasteiger charge is 2.43. The minimum Gasteiger partial charge on any atom is -0.369 e. The number of thiophene rings is 1. The number of carbonyl (C=O) groups is 4. The van der Waals surface area contributed by atoms with Crippen molar-refractivity contribution in [3.63, 3.8) is 0 Å². The minimum atomic E-state index is -0.491. The molecular weight excluding hydrogens is 476 g/mol. The predicted molar refractivity (Wildman–Crippen MR) is 140 cm³/mol. The Bertz CT molecular complexity index is 1300. The number of piperazine rings is 1. The van der Waals surface area contributed by atoms with Crippen molar-refractivity contribution in [1.29, 1.82) is 0 Å². The second-order valence-electron chi connectivity index (χ2n) is 8.90. The SMILES string of the molecule is CC(=O)Nc1cccc(N2C(=O)C[C@H](N3CCN(c4ccc(C(=O)c5cccs5)cc4)CC3)C2=O)c1. The van der Waals surface area contributed by atoms with Crippen LogP contribution < -0.4 is 15.1 Å².